The highest BCUT2D eigenvalue weighted by molar-refractivity contribution is 5.94. The lowest BCUT2D eigenvalue weighted by molar-refractivity contribution is 0.0735. The molecule has 1 aromatic heterocycles. The maximum atomic E-state index is 12.3. The molecular formula is C14H21ClN4O. The minimum Gasteiger partial charge on any atom is -0.357 e. The third-order valence-corrected chi connectivity index (χ3v) is 3.83. The van der Waals surface area contributed by atoms with Crippen LogP contribution in [0.1, 0.15) is 23.2 Å². The monoisotopic (exact) mass is 296 g/mol. The highest BCUT2D eigenvalue weighted by Crippen LogP contribution is 2.18. The van der Waals surface area contributed by atoms with E-state index in [-0.39, 0.29) is 18.3 Å². The lowest BCUT2D eigenvalue weighted by Crippen LogP contribution is -2.46. The number of piperazine rings is 1. The quantitative estimate of drug-likeness (QED) is 0.889. The number of amides is 1. The molecule has 2 aliphatic rings. The molecule has 1 N–H and O–H groups in total. The van der Waals surface area contributed by atoms with E-state index in [0.29, 0.717) is 5.56 Å². The fraction of sp³-hybridized carbons (Fsp3) is 0.571. The third kappa shape index (κ3) is 3.22. The van der Waals surface area contributed by atoms with Crippen molar-refractivity contribution in [2.75, 3.05) is 44.2 Å². The Morgan fingerprint density at radius 1 is 1.10 bits per heavy atom. The molecule has 2 fully saturated rings. The number of nitrogens with one attached hydrogen (secondary N) is 1. The van der Waals surface area contributed by atoms with E-state index in [2.05, 4.69) is 15.2 Å². The molecule has 3 rings (SSSR count). The first-order valence-electron chi connectivity index (χ1n) is 7.05. The fourth-order valence-electron chi connectivity index (χ4n) is 2.70. The van der Waals surface area contributed by atoms with Crippen molar-refractivity contribution in [3.05, 3.63) is 23.9 Å². The van der Waals surface area contributed by atoms with Gasteiger partial charge in [-0.15, -0.1) is 12.4 Å². The summed E-state index contributed by atoms with van der Waals surface area (Å²) in [5, 5.41) is 3.25. The summed E-state index contributed by atoms with van der Waals surface area (Å²) in [6.45, 7) is 5.49. The van der Waals surface area contributed by atoms with E-state index in [1.807, 2.05) is 17.0 Å². The third-order valence-electron chi connectivity index (χ3n) is 3.83. The minimum absolute atomic E-state index is 0. The Bertz CT molecular complexity index is 439. The van der Waals surface area contributed by atoms with Gasteiger partial charge in [0.25, 0.3) is 5.91 Å². The second-order valence-electron chi connectivity index (χ2n) is 5.14. The van der Waals surface area contributed by atoms with Crippen molar-refractivity contribution in [1.82, 2.24) is 15.2 Å². The van der Waals surface area contributed by atoms with Gasteiger partial charge in [-0.1, -0.05) is 0 Å². The molecule has 0 bridgehead atoms. The van der Waals surface area contributed by atoms with Gasteiger partial charge >= 0.3 is 0 Å². The Morgan fingerprint density at radius 2 is 1.80 bits per heavy atom. The predicted octanol–water partition coefficient (Wildman–Crippen LogP) is 1.15. The number of pyridine rings is 1. The lowest BCUT2D eigenvalue weighted by Gasteiger charge is -2.27. The summed E-state index contributed by atoms with van der Waals surface area (Å²) in [6.07, 6.45) is 4.20. The first kappa shape index (κ1) is 15.1. The van der Waals surface area contributed by atoms with Crippen LogP contribution in [0.5, 0.6) is 0 Å². The van der Waals surface area contributed by atoms with Gasteiger partial charge in [-0.25, -0.2) is 4.98 Å². The molecule has 0 spiro atoms. The largest absolute Gasteiger partial charge is 0.357 e. The predicted molar refractivity (Wildman–Crippen MR) is 81.7 cm³/mol. The number of hydrogen-bond donors (Lipinski definition) is 1. The van der Waals surface area contributed by atoms with Crippen molar-refractivity contribution >= 4 is 24.1 Å². The van der Waals surface area contributed by atoms with Gasteiger partial charge in [0.1, 0.15) is 5.82 Å². The smallest absolute Gasteiger partial charge is 0.255 e. The van der Waals surface area contributed by atoms with Crippen LogP contribution in [0.25, 0.3) is 0 Å². The highest BCUT2D eigenvalue weighted by Gasteiger charge is 2.19. The van der Waals surface area contributed by atoms with E-state index in [1.54, 1.807) is 6.20 Å². The molecule has 0 aliphatic carbocycles. The Morgan fingerprint density at radius 3 is 2.40 bits per heavy atom. The van der Waals surface area contributed by atoms with Crippen molar-refractivity contribution in [3.8, 4) is 0 Å². The molecule has 20 heavy (non-hydrogen) atoms. The molecule has 110 valence electrons. The van der Waals surface area contributed by atoms with Crippen LogP contribution in [-0.2, 0) is 0 Å². The molecule has 1 amide bonds. The van der Waals surface area contributed by atoms with Gasteiger partial charge in [-0.3, -0.25) is 4.79 Å². The molecule has 5 nitrogen and oxygen atoms in total. The number of nitrogens with zero attached hydrogens (tertiary/aromatic N) is 3. The average molecular weight is 297 g/mol. The maximum absolute atomic E-state index is 12.3. The van der Waals surface area contributed by atoms with Crippen LogP contribution in [0.3, 0.4) is 0 Å². The summed E-state index contributed by atoms with van der Waals surface area (Å²) >= 11 is 0. The van der Waals surface area contributed by atoms with Gasteiger partial charge in [0.2, 0.25) is 0 Å². The molecule has 6 heteroatoms. The number of carbonyl (C=O) groups excluding carboxylic acids is 1. The first-order valence-corrected chi connectivity index (χ1v) is 7.05. The normalized spacial score (nSPS) is 18.8. The van der Waals surface area contributed by atoms with Gasteiger partial charge in [0, 0.05) is 45.5 Å². The second kappa shape index (κ2) is 6.90. The van der Waals surface area contributed by atoms with Crippen molar-refractivity contribution < 1.29 is 4.79 Å². The number of aromatic nitrogens is 1. The van der Waals surface area contributed by atoms with Gasteiger partial charge < -0.3 is 15.1 Å². The van der Waals surface area contributed by atoms with E-state index >= 15 is 0 Å². The summed E-state index contributed by atoms with van der Waals surface area (Å²) in [7, 11) is 0. The summed E-state index contributed by atoms with van der Waals surface area (Å²) in [5.41, 5.74) is 0.699. The number of rotatable bonds is 2. The molecule has 0 saturated carbocycles. The van der Waals surface area contributed by atoms with E-state index in [9.17, 15) is 4.79 Å². The Hall–Kier alpha value is -1.33. The van der Waals surface area contributed by atoms with Crippen molar-refractivity contribution in [1.29, 1.82) is 0 Å². The molecule has 0 radical (unpaired) electrons. The van der Waals surface area contributed by atoms with Crippen molar-refractivity contribution in [2.45, 2.75) is 12.8 Å². The van der Waals surface area contributed by atoms with Crippen LogP contribution in [0.15, 0.2) is 18.3 Å². The molecular weight excluding hydrogens is 276 g/mol. The van der Waals surface area contributed by atoms with E-state index in [4.69, 9.17) is 0 Å². The van der Waals surface area contributed by atoms with Gasteiger partial charge in [0.05, 0.1) is 5.56 Å². The molecule has 2 saturated heterocycles. The van der Waals surface area contributed by atoms with Crippen LogP contribution in [0, 0.1) is 0 Å². The van der Waals surface area contributed by atoms with Crippen molar-refractivity contribution in [2.24, 2.45) is 0 Å². The zero-order valence-electron chi connectivity index (χ0n) is 11.5. The number of anilines is 1. The van der Waals surface area contributed by atoms with Gasteiger partial charge in [0.15, 0.2) is 0 Å². The minimum atomic E-state index is 0. The van der Waals surface area contributed by atoms with Crippen molar-refractivity contribution in [3.63, 3.8) is 0 Å². The van der Waals surface area contributed by atoms with Crippen LogP contribution in [0.2, 0.25) is 0 Å². The SMILES string of the molecule is Cl.O=C(c1ccc(N2CCCC2)nc1)N1CCNCC1. The van der Waals surface area contributed by atoms with Gasteiger partial charge in [-0.2, -0.15) is 0 Å². The lowest BCUT2D eigenvalue weighted by atomic mass is 10.2. The van der Waals surface area contributed by atoms with Crippen LogP contribution in [-0.4, -0.2) is 55.1 Å². The van der Waals surface area contributed by atoms with Crippen LogP contribution < -0.4 is 10.2 Å². The highest BCUT2D eigenvalue weighted by atomic mass is 35.5. The average Bonchev–Trinajstić information content (AvgIpc) is 3.02. The van der Waals surface area contributed by atoms with Crippen LogP contribution >= 0.6 is 12.4 Å². The van der Waals surface area contributed by atoms with E-state index in [0.717, 1.165) is 45.1 Å². The summed E-state index contributed by atoms with van der Waals surface area (Å²) < 4.78 is 0. The molecule has 0 atom stereocenters. The molecule has 3 heterocycles. The molecule has 1 aromatic rings. The first-order chi connectivity index (χ1) is 9.34. The Kier molecular flexibility index (Phi) is 5.20. The summed E-state index contributed by atoms with van der Waals surface area (Å²) in [4.78, 5) is 20.9. The molecule has 2 aliphatic heterocycles. The molecule has 0 unspecified atom stereocenters. The summed E-state index contributed by atoms with van der Waals surface area (Å²) in [5.74, 6) is 1.09. The zero-order chi connectivity index (χ0) is 13.1. The summed E-state index contributed by atoms with van der Waals surface area (Å²) in [6, 6.07) is 3.88. The number of hydrogen-bond acceptors (Lipinski definition) is 4. The second-order valence-corrected chi connectivity index (χ2v) is 5.14. The van der Waals surface area contributed by atoms with E-state index < -0.39 is 0 Å². The number of halogens is 1. The van der Waals surface area contributed by atoms with E-state index in [1.165, 1.54) is 12.8 Å². The van der Waals surface area contributed by atoms with Gasteiger partial charge in [-0.05, 0) is 25.0 Å². The molecule has 0 aromatic carbocycles. The topological polar surface area (TPSA) is 48.5 Å². The number of carbonyl (C=O) groups is 1. The Labute approximate surface area is 125 Å². The zero-order valence-corrected chi connectivity index (χ0v) is 12.4. The Balaban J connectivity index is 0.00000147. The standard InChI is InChI=1S/C14H20N4O.ClH/c19-14(18-9-5-15-6-10-18)12-3-4-13(16-11-12)17-7-1-2-8-17;/h3-4,11,15H,1-2,5-10H2;1H. The fourth-order valence-corrected chi connectivity index (χ4v) is 2.70. The maximum Gasteiger partial charge on any atom is 0.255 e. The van der Waals surface area contributed by atoms with Crippen LogP contribution in [0.4, 0.5) is 5.82 Å².